The predicted molar refractivity (Wildman–Crippen MR) is 36.1 cm³/mol. The molecule has 4 nitrogen and oxygen atoms in total. The maximum atomic E-state index is 11.7. The Hall–Kier alpha value is -1.27. The van der Waals surface area contributed by atoms with E-state index >= 15 is 0 Å². The number of hydrogen-bond donors (Lipinski definition) is 1. The Balaban J connectivity index is 4.04. The van der Waals surface area contributed by atoms with Gasteiger partial charge in [0.15, 0.2) is 0 Å². The average Bonchev–Trinajstić information content (AvgIpc) is 2.00. The Bertz CT molecular complexity index is 192. The molecule has 1 amide bonds. The summed E-state index contributed by atoms with van der Waals surface area (Å²) in [5.41, 5.74) is 0. The molecule has 0 aromatic heterocycles. The Kier molecular flexibility index (Phi) is 4.22. The second kappa shape index (κ2) is 4.68. The summed E-state index contributed by atoms with van der Waals surface area (Å²) in [5.74, 6) is 0. The van der Waals surface area contributed by atoms with Gasteiger partial charge in [-0.25, -0.2) is 4.79 Å². The Labute approximate surface area is 72.0 Å². The molecule has 0 radical (unpaired) electrons. The van der Waals surface area contributed by atoms with Gasteiger partial charge >= 0.3 is 12.3 Å². The Morgan fingerprint density at radius 2 is 2.15 bits per heavy atom. The summed E-state index contributed by atoms with van der Waals surface area (Å²) in [6, 6.07) is -1.59. The largest absolute Gasteiger partial charge is 0.453 e. The number of carbonyl (C=O) groups is 2. The highest BCUT2D eigenvalue weighted by Crippen LogP contribution is 2.20. The van der Waals surface area contributed by atoms with E-state index in [2.05, 4.69) is 4.74 Å². The summed E-state index contributed by atoms with van der Waals surface area (Å²) >= 11 is 0. The summed E-state index contributed by atoms with van der Waals surface area (Å²) in [7, 11) is 0.991. The van der Waals surface area contributed by atoms with Gasteiger partial charge in [0.05, 0.1) is 19.6 Å². The number of alkyl carbamates (subject to hydrolysis) is 1. The smallest absolute Gasteiger partial charge is 0.407 e. The first-order valence-electron chi connectivity index (χ1n) is 3.25. The minimum Gasteiger partial charge on any atom is -0.453 e. The number of nitrogens with one attached hydrogen (secondary N) is 1. The van der Waals surface area contributed by atoms with Crippen molar-refractivity contribution in [3.63, 3.8) is 0 Å². The molecule has 0 rings (SSSR count). The summed E-state index contributed by atoms with van der Waals surface area (Å²) in [4.78, 5) is 20.5. The monoisotopic (exact) mass is 199 g/mol. The summed E-state index contributed by atoms with van der Waals surface area (Å²) in [5, 5.41) is 1.72. The molecule has 7 heteroatoms. The van der Waals surface area contributed by atoms with E-state index in [0.29, 0.717) is 0 Å². The number of ether oxygens (including phenoxy) is 1. The lowest BCUT2D eigenvalue weighted by Crippen LogP contribution is -2.39. The molecule has 0 aromatic rings. The Morgan fingerprint density at radius 3 is 2.46 bits per heavy atom. The van der Waals surface area contributed by atoms with Crippen LogP contribution in [0.5, 0.6) is 0 Å². The number of methoxy groups -OCH3 is 1. The highest BCUT2D eigenvalue weighted by molar-refractivity contribution is 5.72. The van der Waals surface area contributed by atoms with Crippen LogP contribution in [-0.4, -0.2) is 31.7 Å². The van der Waals surface area contributed by atoms with Crippen LogP contribution in [0.1, 0.15) is 6.42 Å². The molecular formula is C6H8F3NO3. The molecule has 13 heavy (non-hydrogen) atoms. The number of hydrogen-bond acceptors (Lipinski definition) is 3. The van der Waals surface area contributed by atoms with Gasteiger partial charge in [0.1, 0.15) is 6.29 Å². The van der Waals surface area contributed by atoms with E-state index in [9.17, 15) is 22.8 Å². The third-order valence-electron chi connectivity index (χ3n) is 1.10. The van der Waals surface area contributed by atoms with E-state index < -0.39 is 24.7 Å². The SMILES string of the molecule is COC(=O)NC(C=O)CC(F)(F)F. The molecule has 0 aliphatic heterocycles. The van der Waals surface area contributed by atoms with Crippen LogP contribution in [0, 0.1) is 0 Å². The predicted octanol–water partition coefficient (Wildman–Crippen LogP) is 0.862. The van der Waals surface area contributed by atoms with Crippen molar-refractivity contribution in [1.82, 2.24) is 5.32 Å². The maximum absolute atomic E-state index is 11.7. The molecule has 0 spiro atoms. The highest BCUT2D eigenvalue weighted by atomic mass is 19.4. The maximum Gasteiger partial charge on any atom is 0.407 e. The van der Waals surface area contributed by atoms with Crippen LogP contribution in [0.4, 0.5) is 18.0 Å². The quantitative estimate of drug-likeness (QED) is 0.686. The molecule has 0 saturated heterocycles. The van der Waals surface area contributed by atoms with E-state index in [1.807, 2.05) is 0 Å². The zero-order chi connectivity index (χ0) is 10.5. The summed E-state index contributed by atoms with van der Waals surface area (Å²) < 4.78 is 39.1. The zero-order valence-electron chi connectivity index (χ0n) is 6.72. The molecule has 76 valence electrons. The molecule has 0 heterocycles. The van der Waals surface area contributed by atoms with Crippen LogP contribution >= 0.6 is 0 Å². The number of rotatable bonds is 3. The number of halogens is 3. The molecule has 0 aliphatic carbocycles. The number of aldehydes is 1. The van der Waals surface area contributed by atoms with Gasteiger partial charge in [-0.3, -0.25) is 0 Å². The van der Waals surface area contributed by atoms with Crippen LogP contribution in [0.15, 0.2) is 0 Å². The standard InChI is InChI=1S/C6H8F3NO3/c1-13-5(12)10-4(3-11)2-6(7,8)9/h3-4H,2H2,1H3,(H,10,12). The van der Waals surface area contributed by atoms with E-state index in [1.54, 1.807) is 5.32 Å². The van der Waals surface area contributed by atoms with Crippen LogP contribution in [0.25, 0.3) is 0 Å². The van der Waals surface area contributed by atoms with E-state index in [4.69, 9.17) is 0 Å². The fourth-order valence-corrected chi connectivity index (χ4v) is 0.593. The first kappa shape index (κ1) is 11.7. The summed E-state index contributed by atoms with van der Waals surface area (Å²) in [6.07, 6.45) is -6.95. The zero-order valence-corrected chi connectivity index (χ0v) is 6.72. The highest BCUT2D eigenvalue weighted by Gasteiger charge is 2.32. The summed E-state index contributed by atoms with van der Waals surface area (Å²) in [6.45, 7) is 0. The number of amides is 1. The molecule has 0 bridgehead atoms. The van der Waals surface area contributed by atoms with Crippen molar-refractivity contribution < 1.29 is 27.5 Å². The van der Waals surface area contributed by atoms with E-state index in [1.165, 1.54) is 0 Å². The topological polar surface area (TPSA) is 55.4 Å². The Morgan fingerprint density at radius 1 is 1.62 bits per heavy atom. The molecule has 0 aromatic carbocycles. The van der Waals surface area contributed by atoms with Gasteiger partial charge in [-0.1, -0.05) is 0 Å². The van der Waals surface area contributed by atoms with Crippen molar-refractivity contribution in [2.24, 2.45) is 0 Å². The van der Waals surface area contributed by atoms with Crippen LogP contribution in [0.3, 0.4) is 0 Å². The van der Waals surface area contributed by atoms with Gasteiger partial charge in [0.25, 0.3) is 0 Å². The molecule has 0 fully saturated rings. The van der Waals surface area contributed by atoms with Gasteiger partial charge in [0.2, 0.25) is 0 Å². The van der Waals surface area contributed by atoms with Crippen molar-refractivity contribution >= 4 is 12.4 Å². The van der Waals surface area contributed by atoms with Gasteiger partial charge < -0.3 is 14.8 Å². The molecule has 0 saturated carbocycles. The van der Waals surface area contributed by atoms with Gasteiger partial charge in [-0.15, -0.1) is 0 Å². The second-order valence-electron chi connectivity index (χ2n) is 2.20. The lowest BCUT2D eigenvalue weighted by Gasteiger charge is -2.13. The van der Waals surface area contributed by atoms with Crippen molar-refractivity contribution in [3.8, 4) is 0 Å². The van der Waals surface area contributed by atoms with Crippen molar-refractivity contribution in [1.29, 1.82) is 0 Å². The molecule has 1 unspecified atom stereocenters. The molecule has 0 aliphatic rings. The normalized spacial score (nSPS) is 13.2. The van der Waals surface area contributed by atoms with Crippen molar-refractivity contribution in [2.45, 2.75) is 18.6 Å². The third kappa shape index (κ3) is 5.94. The molecule has 1 N–H and O–H groups in total. The second-order valence-corrected chi connectivity index (χ2v) is 2.20. The van der Waals surface area contributed by atoms with E-state index in [0.717, 1.165) is 7.11 Å². The lowest BCUT2D eigenvalue weighted by molar-refractivity contribution is -0.143. The van der Waals surface area contributed by atoms with Crippen LogP contribution in [0.2, 0.25) is 0 Å². The first-order chi connectivity index (χ1) is 5.89. The van der Waals surface area contributed by atoms with Crippen molar-refractivity contribution in [3.05, 3.63) is 0 Å². The van der Waals surface area contributed by atoms with Crippen LogP contribution < -0.4 is 5.32 Å². The minimum atomic E-state index is -4.49. The number of alkyl halides is 3. The van der Waals surface area contributed by atoms with Gasteiger partial charge in [-0.05, 0) is 0 Å². The minimum absolute atomic E-state index is 0.00438. The molecular weight excluding hydrogens is 191 g/mol. The first-order valence-corrected chi connectivity index (χ1v) is 3.25. The van der Waals surface area contributed by atoms with E-state index in [-0.39, 0.29) is 6.29 Å². The third-order valence-corrected chi connectivity index (χ3v) is 1.10. The molecule has 1 atom stereocenters. The average molecular weight is 199 g/mol. The van der Waals surface area contributed by atoms with Gasteiger partial charge in [0, 0.05) is 0 Å². The van der Waals surface area contributed by atoms with Crippen molar-refractivity contribution in [2.75, 3.05) is 7.11 Å². The fraction of sp³-hybridized carbons (Fsp3) is 0.667. The fourth-order valence-electron chi connectivity index (χ4n) is 0.593. The van der Waals surface area contributed by atoms with Crippen LogP contribution in [-0.2, 0) is 9.53 Å². The number of carbonyl (C=O) groups excluding carboxylic acids is 2. The van der Waals surface area contributed by atoms with Gasteiger partial charge in [-0.2, -0.15) is 13.2 Å². The lowest BCUT2D eigenvalue weighted by atomic mass is 10.2.